The molecule has 2 heterocycles. The van der Waals surface area contributed by atoms with Crippen LogP contribution in [0.4, 0.5) is 5.69 Å². The van der Waals surface area contributed by atoms with Crippen molar-refractivity contribution in [1.82, 2.24) is 4.57 Å². The number of ether oxygens (including phenoxy) is 2. The van der Waals surface area contributed by atoms with Gasteiger partial charge in [-0.05, 0) is 31.5 Å². The van der Waals surface area contributed by atoms with Crippen LogP contribution in [-0.2, 0) is 16.6 Å². The average molecular weight is 418 g/mol. The van der Waals surface area contributed by atoms with Crippen LogP contribution >= 0.6 is 0 Å². The zero-order chi connectivity index (χ0) is 22.7. The summed E-state index contributed by atoms with van der Waals surface area (Å²) in [5.74, 6) is -1.01. The van der Waals surface area contributed by atoms with E-state index in [2.05, 4.69) is 11.4 Å². The predicted octanol–water partition coefficient (Wildman–Crippen LogP) is 2.86. The molecule has 1 atom stereocenters. The number of rotatable bonds is 5. The normalized spacial score (nSPS) is 14.7. The number of nitrogens with zero attached hydrogens (tertiary/aromatic N) is 3. The van der Waals surface area contributed by atoms with Crippen molar-refractivity contribution >= 4 is 11.7 Å². The van der Waals surface area contributed by atoms with Gasteiger partial charge in [0.1, 0.15) is 12.4 Å². The minimum absolute atomic E-state index is 0.0535. The van der Waals surface area contributed by atoms with E-state index in [-0.39, 0.29) is 24.2 Å². The largest absolute Gasteiger partial charge is 0.496 e. The highest BCUT2D eigenvalue weighted by Crippen LogP contribution is 2.44. The first-order chi connectivity index (χ1) is 14.8. The van der Waals surface area contributed by atoms with Crippen molar-refractivity contribution in [1.29, 1.82) is 10.5 Å². The van der Waals surface area contributed by atoms with Crippen LogP contribution in [-0.4, -0.2) is 24.3 Å². The number of esters is 1. The Balaban J connectivity index is 2.30. The molecule has 0 aliphatic carbocycles. The fourth-order valence-corrected chi connectivity index (χ4v) is 3.84. The molecule has 3 rings (SSSR count). The van der Waals surface area contributed by atoms with Gasteiger partial charge in [-0.15, -0.1) is 0 Å². The second-order valence-electron chi connectivity index (χ2n) is 7.23. The van der Waals surface area contributed by atoms with Crippen LogP contribution in [0.15, 0.2) is 40.5 Å². The van der Waals surface area contributed by atoms with E-state index in [0.29, 0.717) is 33.8 Å². The van der Waals surface area contributed by atoms with Crippen molar-refractivity contribution in [3.8, 4) is 17.9 Å². The maximum Gasteiger partial charge on any atom is 0.336 e. The molecular formula is C23H22N4O4. The fraction of sp³-hybridized carbons (Fsp3) is 0.304. The maximum absolute atomic E-state index is 13.2. The van der Waals surface area contributed by atoms with E-state index in [1.165, 1.54) is 11.7 Å². The monoisotopic (exact) mass is 418 g/mol. The summed E-state index contributed by atoms with van der Waals surface area (Å²) in [6.07, 6.45) is 1.79. The third-order valence-electron chi connectivity index (χ3n) is 5.24. The van der Waals surface area contributed by atoms with E-state index in [9.17, 15) is 14.9 Å². The summed E-state index contributed by atoms with van der Waals surface area (Å²) in [5, 5.41) is 21.2. The lowest BCUT2D eigenvalue weighted by molar-refractivity contribution is -0.139. The Hall–Kier alpha value is -4.04. The van der Waals surface area contributed by atoms with E-state index in [0.717, 1.165) is 5.56 Å². The highest BCUT2D eigenvalue weighted by Gasteiger charge is 2.37. The molecule has 1 N–H and O–H groups in total. The number of aromatic nitrogens is 1. The van der Waals surface area contributed by atoms with Crippen LogP contribution in [0.1, 0.15) is 41.5 Å². The van der Waals surface area contributed by atoms with Crippen LogP contribution < -0.4 is 15.6 Å². The number of anilines is 1. The Bertz CT molecular complexity index is 1230. The van der Waals surface area contributed by atoms with Crippen molar-refractivity contribution < 1.29 is 14.3 Å². The number of carbonyl (C=O) groups is 1. The van der Waals surface area contributed by atoms with Crippen LogP contribution in [0.3, 0.4) is 0 Å². The minimum Gasteiger partial charge on any atom is -0.496 e. The van der Waals surface area contributed by atoms with E-state index < -0.39 is 11.9 Å². The molecule has 31 heavy (non-hydrogen) atoms. The number of allylic oxidation sites excluding steroid dienone is 1. The number of carbonyl (C=O) groups excluding carboxylic acids is 1. The molecule has 1 aliphatic rings. The van der Waals surface area contributed by atoms with Crippen molar-refractivity contribution in [3.05, 3.63) is 68.3 Å². The van der Waals surface area contributed by atoms with E-state index in [4.69, 9.17) is 14.7 Å². The summed E-state index contributed by atoms with van der Waals surface area (Å²) in [6.45, 7) is 3.56. The van der Waals surface area contributed by atoms with E-state index in [1.54, 1.807) is 38.4 Å². The van der Waals surface area contributed by atoms with Gasteiger partial charge in [0.2, 0.25) is 0 Å². The molecule has 0 saturated carbocycles. The lowest BCUT2D eigenvalue weighted by Crippen LogP contribution is -2.33. The SMILES string of the molecule is COc1cc(C#N)ccc1C1C(C(=O)OCCC#N)=C(C)Nc2c(C)cn(C)c(=O)c21. The molecule has 1 aromatic heterocycles. The van der Waals surface area contributed by atoms with Crippen molar-refractivity contribution in [2.24, 2.45) is 7.05 Å². The van der Waals surface area contributed by atoms with Crippen molar-refractivity contribution in [2.45, 2.75) is 26.2 Å². The number of nitrogens with one attached hydrogen (secondary N) is 1. The smallest absolute Gasteiger partial charge is 0.336 e. The number of pyridine rings is 1. The number of hydrogen-bond acceptors (Lipinski definition) is 7. The summed E-state index contributed by atoms with van der Waals surface area (Å²) in [6, 6.07) is 8.89. The third-order valence-corrected chi connectivity index (χ3v) is 5.24. The Morgan fingerprint density at radius 3 is 2.68 bits per heavy atom. The van der Waals surface area contributed by atoms with Crippen LogP contribution in [0, 0.1) is 29.6 Å². The average Bonchev–Trinajstić information content (AvgIpc) is 2.76. The Morgan fingerprint density at radius 2 is 2.03 bits per heavy atom. The van der Waals surface area contributed by atoms with Crippen molar-refractivity contribution in [3.63, 3.8) is 0 Å². The number of benzene rings is 1. The molecule has 0 radical (unpaired) electrons. The maximum atomic E-state index is 13.2. The molecule has 1 unspecified atom stereocenters. The van der Waals surface area contributed by atoms with Gasteiger partial charge in [-0.2, -0.15) is 10.5 Å². The summed E-state index contributed by atoms with van der Waals surface area (Å²) in [5.41, 5.74) is 3.36. The van der Waals surface area contributed by atoms with E-state index in [1.807, 2.05) is 13.0 Å². The molecule has 1 aliphatic heterocycles. The molecule has 8 nitrogen and oxygen atoms in total. The Labute approximate surface area is 179 Å². The fourth-order valence-electron chi connectivity index (χ4n) is 3.84. The summed E-state index contributed by atoms with van der Waals surface area (Å²) in [4.78, 5) is 26.3. The molecule has 0 saturated heterocycles. The molecule has 0 amide bonds. The van der Waals surface area contributed by atoms with Gasteiger partial charge in [0.25, 0.3) is 5.56 Å². The first kappa shape index (κ1) is 21.7. The highest BCUT2D eigenvalue weighted by atomic mass is 16.5. The van der Waals surface area contributed by atoms with Gasteiger partial charge in [-0.1, -0.05) is 6.07 Å². The Kier molecular flexibility index (Phi) is 6.12. The van der Waals surface area contributed by atoms with Gasteiger partial charge in [0, 0.05) is 24.5 Å². The molecule has 1 aromatic carbocycles. The van der Waals surface area contributed by atoms with Gasteiger partial charge < -0.3 is 19.4 Å². The summed E-state index contributed by atoms with van der Waals surface area (Å²) >= 11 is 0. The first-order valence-corrected chi connectivity index (χ1v) is 9.64. The molecule has 0 fully saturated rings. The number of hydrogen-bond donors (Lipinski definition) is 1. The summed E-state index contributed by atoms with van der Waals surface area (Å²) in [7, 11) is 3.12. The van der Waals surface area contributed by atoms with Gasteiger partial charge >= 0.3 is 5.97 Å². The standard InChI is InChI=1S/C23H22N4O4/c1-13-12-27(3)22(28)20-19(16-7-6-15(11-25)10-17(16)30-4)18(14(2)26-21(13)20)23(29)31-9-5-8-24/h6-7,10,12,19,26H,5,9H2,1-4H3. The third kappa shape index (κ3) is 3.88. The van der Waals surface area contributed by atoms with Gasteiger partial charge in [0.15, 0.2) is 0 Å². The number of nitriles is 2. The minimum atomic E-state index is -0.771. The van der Waals surface area contributed by atoms with Crippen LogP contribution in [0.5, 0.6) is 5.75 Å². The zero-order valence-electron chi connectivity index (χ0n) is 17.8. The zero-order valence-corrected chi connectivity index (χ0v) is 17.8. The highest BCUT2D eigenvalue weighted by molar-refractivity contribution is 5.95. The van der Waals surface area contributed by atoms with Gasteiger partial charge in [-0.3, -0.25) is 4.79 Å². The van der Waals surface area contributed by atoms with E-state index >= 15 is 0 Å². The molecule has 158 valence electrons. The summed E-state index contributed by atoms with van der Waals surface area (Å²) < 4.78 is 12.3. The molecule has 0 spiro atoms. The molecular weight excluding hydrogens is 396 g/mol. The number of methoxy groups -OCH3 is 1. The first-order valence-electron chi connectivity index (χ1n) is 9.64. The number of fused-ring (bicyclic) bond motifs is 1. The molecule has 0 bridgehead atoms. The van der Waals surface area contributed by atoms with Crippen LogP contribution in [0.2, 0.25) is 0 Å². The second-order valence-corrected chi connectivity index (χ2v) is 7.23. The topological polar surface area (TPSA) is 117 Å². The van der Waals surface area contributed by atoms with Crippen molar-refractivity contribution in [2.75, 3.05) is 19.0 Å². The van der Waals surface area contributed by atoms with Gasteiger partial charge in [-0.25, -0.2) is 4.79 Å². The quantitative estimate of drug-likeness (QED) is 0.586. The molecule has 8 heteroatoms. The molecule has 2 aromatic rings. The second kappa shape index (κ2) is 8.76. The lowest BCUT2D eigenvalue weighted by Gasteiger charge is -2.31. The number of aryl methyl sites for hydroxylation is 2. The van der Waals surface area contributed by atoms with Crippen LogP contribution in [0.25, 0.3) is 0 Å². The predicted molar refractivity (Wildman–Crippen MR) is 113 cm³/mol. The Morgan fingerprint density at radius 1 is 1.29 bits per heavy atom. The van der Waals surface area contributed by atoms with Gasteiger partial charge in [0.05, 0.1) is 54.0 Å². The lowest BCUT2D eigenvalue weighted by atomic mass is 9.80.